The number of nitrogens with zero attached hydrogens (tertiary/aromatic N) is 2. The molecule has 0 amide bonds. The molecular formula is C11H19N3O. The molecule has 15 heavy (non-hydrogen) atoms. The summed E-state index contributed by atoms with van der Waals surface area (Å²) in [6, 6.07) is 2.32. The van der Waals surface area contributed by atoms with Crippen LogP contribution in [-0.2, 0) is 6.42 Å². The highest BCUT2D eigenvalue weighted by molar-refractivity contribution is 5.14. The fourth-order valence-electron chi connectivity index (χ4n) is 1.19. The predicted molar refractivity (Wildman–Crippen MR) is 60.0 cm³/mol. The second-order valence-electron chi connectivity index (χ2n) is 3.59. The molecule has 0 bridgehead atoms. The Kier molecular flexibility index (Phi) is 5.04. The van der Waals surface area contributed by atoms with E-state index in [9.17, 15) is 0 Å². The molecule has 1 unspecified atom stereocenters. The Morgan fingerprint density at radius 3 is 2.93 bits per heavy atom. The molecule has 0 aliphatic rings. The van der Waals surface area contributed by atoms with E-state index < -0.39 is 0 Å². The topological polar surface area (TPSA) is 47.0 Å². The lowest BCUT2D eigenvalue weighted by Gasteiger charge is -2.09. The van der Waals surface area contributed by atoms with Crippen molar-refractivity contribution in [2.75, 3.05) is 13.7 Å². The molecule has 84 valence electrons. The van der Waals surface area contributed by atoms with Crippen LogP contribution in [0.2, 0.25) is 0 Å². The molecule has 1 atom stereocenters. The van der Waals surface area contributed by atoms with Gasteiger partial charge in [0.15, 0.2) is 0 Å². The average molecular weight is 209 g/mol. The molecule has 1 heterocycles. The number of hydrogen-bond acceptors (Lipinski definition) is 4. The number of rotatable bonds is 6. The molecule has 0 aliphatic carbocycles. The van der Waals surface area contributed by atoms with Gasteiger partial charge in [0.25, 0.3) is 0 Å². The number of hydrogen-bond donors (Lipinski definition) is 1. The van der Waals surface area contributed by atoms with Gasteiger partial charge in [0.1, 0.15) is 6.33 Å². The van der Waals surface area contributed by atoms with Crippen molar-refractivity contribution in [3.63, 3.8) is 0 Å². The van der Waals surface area contributed by atoms with E-state index in [2.05, 4.69) is 29.1 Å². The summed E-state index contributed by atoms with van der Waals surface area (Å²) in [6.45, 7) is 4.90. The molecule has 0 aromatic carbocycles. The summed E-state index contributed by atoms with van der Waals surface area (Å²) in [5.41, 5.74) is 1.01. The van der Waals surface area contributed by atoms with E-state index in [-0.39, 0.29) is 0 Å². The van der Waals surface area contributed by atoms with Gasteiger partial charge >= 0.3 is 0 Å². The van der Waals surface area contributed by atoms with Crippen LogP contribution >= 0.6 is 0 Å². The summed E-state index contributed by atoms with van der Waals surface area (Å²) < 4.78 is 5.44. The van der Waals surface area contributed by atoms with E-state index in [0.29, 0.717) is 18.5 Å². The minimum absolute atomic E-state index is 0.416. The van der Waals surface area contributed by atoms with Crippen molar-refractivity contribution in [1.82, 2.24) is 15.3 Å². The van der Waals surface area contributed by atoms with Crippen LogP contribution in [0.1, 0.15) is 26.0 Å². The summed E-state index contributed by atoms with van der Waals surface area (Å²) in [5, 5.41) is 3.17. The smallest absolute Gasteiger partial charge is 0.216 e. The summed E-state index contributed by atoms with van der Waals surface area (Å²) in [6.07, 6.45) is 3.44. The molecule has 0 radical (unpaired) electrons. The molecule has 0 spiro atoms. The first kappa shape index (κ1) is 11.9. The van der Waals surface area contributed by atoms with Crippen LogP contribution in [0.5, 0.6) is 5.88 Å². The zero-order valence-corrected chi connectivity index (χ0v) is 9.66. The Morgan fingerprint density at radius 2 is 2.27 bits per heavy atom. The van der Waals surface area contributed by atoms with Gasteiger partial charge in [0.05, 0.1) is 6.61 Å². The molecule has 0 saturated heterocycles. The lowest BCUT2D eigenvalue weighted by atomic mass is 10.2. The van der Waals surface area contributed by atoms with Crippen molar-refractivity contribution < 1.29 is 4.74 Å². The molecule has 4 nitrogen and oxygen atoms in total. The second kappa shape index (κ2) is 6.35. The standard InChI is InChI=1S/C11H19N3O/c1-4-5-15-11-7-10(13-8-14-11)6-9(2)12-3/h7-9,12H,4-6H2,1-3H3. The molecule has 1 N–H and O–H groups in total. The first-order chi connectivity index (χ1) is 7.26. The maximum atomic E-state index is 5.44. The van der Waals surface area contributed by atoms with E-state index in [0.717, 1.165) is 18.5 Å². The van der Waals surface area contributed by atoms with Gasteiger partial charge < -0.3 is 10.1 Å². The molecule has 1 aromatic heterocycles. The Morgan fingerprint density at radius 1 is 1.47 bits per heavy atom. The maximum Gasteiger partial charge on any atom is 0.216 e. The minimum Gasteiger partial charge on any atom is -0.478 e. The molecular weight excluding hydrogens is 190 g/mol. The highest BCUT2D eigenvalue weighted by Crippen LogP contribution is 2.08. The number of aromatic nitrogens is 2. The quantitative estimate of drug-likeness (QED) is 0.769. The molecule has 0 saturated carbocycles. The Balaban J connectivity index is 2.57. The molecule has 0 aliphatic heterocycles. The fraction of sp³-hybridized carbons (Fsp3) is 0.636. The Labute approximate surface area is 91.1 Å². The Bertz CT molecular complexity index is 291. The van der Waals surface area contributed by atoms with Gasteiger partial charge in [-0.25, -0.2) is 9.97 Å². The van der Waals surface area contributed by atoms with E-state index >= 15 is 0 Å². The predicted octanol–water partition coefficient (Wildman–Crippen LogP) is 1.42. The van der Waals surface area contributed by atoms with E-state index in [1.54, 1.807) is 6.33 Å². The van der Waals surface area contributed by atoms with Gasteiger partial charge in [-0.15, -0.1) is 0 Å². The zero-order chi connectivity index (χ0) is 11.1. The first-order valence-corrected chi connectivity index (χ1v) is 5.37. The molecule has 1 rings (SSSR count). The van der Waals surface area contributed by atoms with E-state index in [1.807, 2.05) is 13.1 Å². The highest BCUT2D eigenvalue weighted by Gasteiger charge is 2.03. The highest BCUT2D eigenvalue weighted by atomic mass is 16.5. The van der Waals surface area contributed by atoms with Crippen LogP contribution in [0, 0.1) is 0 Å². The van der Waals surface area contributed by atoms with Crippen LogP contribution in [0.25, 0.3) is 0 Å². The summed E-state index contributed by atoms with van der Waals surface area (Å²) in [7, 11) is 1.94. The van der Waals surface area contributed by atoms with Crippen molar-refractivity contribution in [2.24, 2.45) is 0 Å². The van der Waals surface area contributed by atoms with Crippen molar-refractivity contribution in [3.8, 4) is 5.88 Å². The summed E-state index contributed by atoms with van der Waals surface area (Å²) >= 11 is 0. The summed E-state index contributed by atoms with van der Waals surface area (Å²) in [4.78, 5) is 8.26. The normalized spacial score (nSPS) is 12.5. The minimum atomic E-state index is 0.416. The van der Waals surface area contributed by atoms with E-state index in [1.165, 1.54) is 0 Å². The lowest BCUT2D eigenvalue weighted by molar-refractivity contribution is 0.304. The molecule has 0 fully saturated rings. The van der Waals surface area contributed by atoms with Crippen LogP contribution in [0.3, 0.4) is 0 Å². The van der Waals surface area contributed by atoms with Crippen LogP contribution in [0.4, 0.5) is 0 Å². The average Bonchev–Trinajstić information content (AvgIpc) is 2.26. The summed E-state index contributed by atoms with van der Waals surface area (Å²) in [5.74, 6) is 0.671. The lowest BCUT2D eigenvalue weighted by Crippen LogP contribution is -2.24. The molecule has 4 heteroatoms. The Hall–Kier alpha value is -1.16. The third kappa shape index (κ3) is 4.25. The van der Waals surface area contributed by atoms with Gasteiger partial charge in [-0.05, 0) is 20.4 Å². The van der Waals surface area contributed by atoms with Crippen molar-refractivity contribution >= 4 is 0 Å². The van der Waals surface area contributed by atoms with Crippen LogP contribution in [-0.4, -0.2) is 29.7 Å². The van der Waals surface area contributed by atoms with Crippen LogP contribution < -0.4 is 10.1 Å². The maximum absolute atomic E-state index is 5.44. The number of likely N-dealkylation sites (N-methyl/N-ethyl adjacent to an activating group) is 1. The monoisotopic (exact) mass is 209 g/mol. The van der Waals surface area contributed by atoms with E-state index in [4.69, 9.17) is 4.74 Å². The molecule has 1 aromatic rings. The van der Waals surface area contributed by atoms with Gasteiger partial charge in [-0.1, -0.05) is 6.92 Å². The first-order valence-electron chi connectivity index (χ1n) is 5.37. The van der Waals surface area contributed by atoms with Gasteiger partial charge in [0.2, 0.25) is 5.88 Å². The van der Waals surface area contributed by atoms with Gasteiger partial charge in [-0.2, -0.15) is 0 Å². The number of ether oxygens (including phenoxy) is 1. The third-order valence-corrected chi connectivity index (χ3v) is 2.16. The second-order valence-corrected chi connectivity index (χ2v) is 3.59. The fourth-order valence-corrected chi connectivity index (χ4v) is 1.19. The number of nitrogens with one attached hydrogen (secondary N) is 1. The van der Waals surface area contributed by atoms with Crippen molar-refractivity contribution in [2.45, 2.75) is 32.7 Å². The zero-order valence-electron chi connectivity index (χ0n) is 9.66. The van der Waals surface area contributed by atoms with Crippen molar-refractivity contribution in [3.05, 3.63) is 18.1 Å². The van der Waals surface area contributed by atoms with Crippen LogP contribution in [0.15, 0.2) is 12.4 Å². The largest absolute Gasteiger partial charge is 0.478 e. The third-order valence-electron chi connectivity index (χ3n) is 2.16. The SMILES string of the molecule is CCCOc1cc(CC(C)NC)ncn1. The van der Waals surface area contributed by atoms with Gasteiger partial charge in [-0.3, -0.25) is 0 Å². The van der Waals surface area contributed by atoms with Gasteiger partial charge in [0, 0.05) is 24.2 Å². The van der Waals surface area contributed by atoms with Crippen molar-refractivity contribution in [1.29, 1.82) is 0 Å².